The molecule has 0 spiro atoms. The van der Waals surface area contributed by atoms with Crippen LogP contribution in [0.15, 0.2) is 183 Å². The third kappa shape index (κ3) is 11.0. The van der Waals surface area contributed by atoms with Crippen LogP contribution in [0.2, 0.25) is 0 Å². The molecular formula is C56H44IrN8OPt-8. The van der Waals surface area contributed by atoms with Crippen molar-refractivity contribution >= 4 is 39.8 Å². The number of fused-ring (bicyclic) bond motifs is 2. The van der Waals surface area contributed by atoms with Crippen LogP contribution < -0.4 is 29.2 Å². The average molecular weight is 1230 g/mol. The monoisotopic (exact) mass is 1230 g/mol. The van der Waals surface area contributed by atoms with E-state index < -0.39 is 0 Å². The molecule has 0 atom stereocenters. The van der Waals surface area contributed by atoms with Crippen molar-refractivity contribution in [2.45, 2.75) is 12.8 Å². The molecule has 0 saturated carbocycles. The largest absolute Gasteiger partial charge is 0.510 e. The third-order valence-corrected chi connectivity index (χ3v) is 11.1. The van der Waals surface area contributed by atoms with E-state index in [0.29, 0.717) is 22.9 Å². The molecule has 11 rings (SSSR count). The van der Waals surface area contributed by atoms with E-state index in [-0.39, 0.29) is 41.2 Å². The number of aromatic nitrogens is 2. The Morgan fingerprint density at radius 3 is 1.93 bits per heavy atom. The van der Waals surface area contributed by atoms with Gasteiger partial charge in [0.2, 0.25) is 0 Å². The molecule has 0 aliphatic carbocycles. The van der Waals surface area contributed by atoms with Gasteiger partial charge in [-0.3, -0.25) is 0 Å². The SMILES string of the molecule is CN1[CH-]N(c2[c-]c(Oc3[c-]c(-c4[c-]cccn4)ncc3)cc(-c3ccccc3)c2)c2ccccc21.[Ir].[Pt].[c-]1ccccc1N1C=CN(CCCCN2[CH-]N(c3[c-]cccc3)c3ccccc32)[CH-]1. The average Bonchev–Trinajstić information content (AvgIpc) is 4.10. The van der Waals surface area contributed by atoms with Gasteiger partial charge < -0.3 is 44.1 Å². The summed E-state index contributed by atoms with van der Waals surface area (Å²) in [5.41, 5.74) is 11.0. The first-order valence-electron chi connectivity index (χ1n) is 21.6. The van der Waals surface area contributed by atoms with Crippen LogP contribution in [0.4, 0.5) is 39.8 Å². The Balaban J connectivity index is 0.000000178. The summed E-state index contributed by atoms with van der Waals surface area (Å²) in [5, 5.41) is 0. The fraction of sp³-hybridized carbons (Fsp3) is 0.0893. The maximum atomic E-state index is 6.27. The van der Waals surface area contributed by atoms with Gasteiger partial charge in [-0.15, -0.1) is 64.3 Å². The van der Waals surface area contributed by atoms with Gasteiger partial charge in [0, 0.05) is 75.4 Å². The zero-order chi connectivity index (χ0) is 43.8. The van der Waals surface area contributed by atoms with E-state index in [4.69, 9.17) is 4.74 Å². The predicted molar refractivity (Wildman–Crippen MR) is 260 cm³/mol. The van der Waals surface area contributed by atoms with Crippen molar-refractivity contribution in [2.75, 3.05) is 44.6 Å². The topological polar surface area (TPSA) is 54.5 Å². The summed E-state index contributed by atoms with van der Waals surface area (Å²) < 4.78 is 6.27. The summed E-state index contributed by atoms with van der Waals surface area (Å²) in [5.74, 6) is 1.12. The molecule has 0 unspecified atom stereocenters. The fourth-order valence-electron chi connectivity index (χ4n) is 7.96. The summed E-state index contributed by atoms with van der Waals surface area (Å²) in [7, 11) is 2.04. The molecule has 1 radical (unpaired) electrons. The van der Waals surface area contributed by atoms with Crippen LogP contribution >= 0.6 is 0 Å². The van der Waals surface area contributed by atoms with E-state index in [1.165, 1.54) is 11.4 Å². The van der Waals surface area contributed by atoms with E-state index in [9.17, 15) is 0 Å². The number of unbranched alkanes of at least 4 members (excludes halogenated alkanes) is 1. The van der Waals surface area contributed by atoms with Crippen LogP contribution in [0.25, 0.3) is 22.5 Å². The molecule has 0 N–H and O–H groups in total. The van der Waals surface area contributed by atoms with Crippen molar-refractivity contribution in [1.82, 2.24) is 14.9 Å². The molecule has 341 valence electrons. The summed E-state index contributed by atoms with van der Waals surface area (Å²) >= 11 is 0. The Morgan fingerprint density at radius 2 is 1.18 bits per heavy atom. The number of ether oxygens (including phenoxy) is 1. The van der Waals surface area contributed by atoms with Gasteiger partial charge in [-0.2, -0.15) is 92.8 Å². The normalized spacial score (nSPS) is 13.3. The smallest absolute Gasteiger partial charge is 0.0326 e. The van der Waals surface area contributed by atoms with Gasteiger partial charge in [0.05, 0.1) is 0 Å². The van der Waals surface area contributed by atoms with Gasteiger partial charge >= 0.3 is 0 Å². The molecule has 0 amide bonds. The second kappa shape index (κ2) is 22.2. The number of pyridine rings is 2. The number of para-hydroxylation sites is 6. The Kier molecular flexibility index (Phi) is 15.5. The van der Waals surface area contributed by atoms with Gasteiger partial charge in [0.15, 0.2) is 0 Å². The van der Waals surface area contributed by atoms with Crippen molar-refractivity contribution in [3.05, 3.63) is 233 Å². The minimum Gasteiger partial charge on any atom is -0.510 e. The number of hydrogen-bond acceptors (Lipinski definition) is 9. The number of benzene rings is 6. The van der Waals surface area contributed by atoms with Crippen LogP contribution in [-0.2, 0) is 41.2 Å². The van der Waals surface area contributed by atoms with Crippen molar-refractivity contribution < 1.29 is 45.9 Å². The Morgan fingerprint density at radius 1 is 0.522 bits per heavy atom. The molecule has 0 bridgehead atoms. The summed E-state index contributed by atoms with van der Waals surface area (Å²) in [6.45, 7) is 8.39. The minimum absolute atomic E-state index is 0. The van der Waals surface area contributed by atoms with Crippen LogP contribution in [0.3, 0.4) is 0 Å². The second-order valence-electron chi connectivity index (χ2n) is 15.5. The number of nitrogens with zero attached hydrogens (tertiary/aromatic N) is 8. The van der Waals surface area contributed by atoms with Gasteiger partial charge in [0.1, 0.15) is 0 Å². The first-order valence-corrected chi connectivity index (χ1v) is 21.6. The number of anilines is 7. The van der Waals surface area contributed by atoms with E-state index in [1.807, 2.05) is 79.8 Å². The molecular weight excluding hydrogens is 1190 g/mol. The van der Waals surface area contributed by atoms with Crippen LogP contribution in [0.1, 0.15) is 12.8 Å². The molecule has 8 aromatic rings. The van der Waals surface area contributed by atoms with Crippen molar-refractivity contribution in [3.8, 4) is 34.0 Å². The Labute approximate surface area is 422 Å². The molecule has 3 aliphatic rings. The standard InChI is InChI=1S/C30H20N4O.C26H24N4.Ir.Pt/c1-33-21-34(30-13-6-5-12-29(30)33)24-17-23(22-9-3-2-4-10-22)18-26(19-24)35-25-14-16-32-28(20-25)27-11-7-8-15-31-27;1-3-11-23(12-4-1)28-20-19-27(21-28)17-9-10-18-29-22-30(24-13-5-2-6-14-24)26-16-8-7-15-25(26)29;;/h2-10,12-18,21H,1H3;1-8,11,13,15-16,19-22H,9-10,17-18H2;;/q2*-4;;. The second-order valence-corrected chi connectivity index (χ2v) is 15.5. The summed E-state index contributed by atoms with van der Waals surface area (Å²) in [6.07, 6.45) is 9.85. The fourth-order valence-corrected chi connectivity index (χ4v) is 7.96. The zero-order valence-electron chi connectivity index (χ0n) is 36.5. The van der Waals surface area contributed by atoms with E-state index in [1.54, 1.807) is 24.5 Å². The first-order chi connectivity index (χ1) is 32.1. The van der Waals surface area contributed by atoms with Crippen molar-refractivity contribution in [2.24, 2.45) is 0 Å². The summed E-state index contributed by atoms with van der Waals surface area (Å²) in [4.78, 5) is 21.8. The molecule has 5 heterocycles. The van der Waals surface area contributed by atoms with Crippen molar-refractivity contribution in [1.29, 1.82) is 0 Å². The summed E-state index contributed by atoms with van der Waals surface area (Å²) in [6, 6.07) is 69.1. The van der Waals surface area contributed by atoms with Crippen molar-refractivity contribution in [3.63, 3.8) is 0 Å². The predicted octanol–water partition coefficient (Wildman–Crippen LogP) is 12.3. The number of hydrogen-bond donors (Lipinski definition) is 0. The molecule has 11 heteroatoms. The molecule has 6 aromatic carbocycles. The molecule has 3 aliphatic heterocycles. The van der Waals surface area contributed by atoms with Crippen LogP contribution in [0.5, 0.6) is 11.5 Å². The molecule has 67 heavy (non-hydrogen) atoms. The van der Waals surface area contributed by atoms with Crippen LogP contribution in [0, 0.1) is 50.3 Å². The maximum absolute atomic E-state index is 6.27. The van der Waals surface area contributed by atoms with E-state index >= 15 is 0 Å². The van der Waals surface area contributed by atoms with E-state index in [2.05, 4.69) is 175 Å². The molecule has 2 aromatic heterocycles. The van der Waals surface area contributed by atoms with E-state index in [0.717, 1.165) is 65.5 Å². The molecule has 9 nitrogen and oxygen atoms in total. The van der Waals surface area contributed by atoms with Gasteiger partial charge in [0.25, 0.3) is 0 Å². The maximum Gasteiger partial charge on any atom is 0.0326 e. The number of rotatable bonds is 12. The third-order valence-electron chi connectivity index (χ3n) is 11.1. The van der Waals surface area contributed by atoms with Gasteiger partial charge in [-0.05, 0) is 87.6 Å². The molecule has 0 saturated heterocycles. The van der Waals surface area contributed by atoms with Gasteiger partial charge in [-0.1, -0.05) is 54.6 Å². The minimum atomic E-state index is 0. The van der Waals surface area contributed by atoms with Crippen LogP contribution in [-0.4, -0.2) is 35.0 Å². The van der Waals surface area contributed by atoms with Gasteiger partial charge in [-0.25, -0.2) is 6.07 Å². The Bertz CT molecular complexity index is 2860. The Hall–Kier alpha value is -6.70. The zero-order valence-corrected chi connectivity index (χ0v) is 41.2. The quantitative estimate of drug-likeness (QED) is 0.0879. The first kappa shape index (κ1) is 46.8. The molecule has 0 fully saturated rings.